The number of anilines is 1. The lowest BCUT2D eigenvalue weighted by Crippen LogP contribution is -2.11. The Bertz CT molecular complexity index is 373. The summed E-state index contributed by atoms with van der Waals surface area (Å²) in [5.41, 5.74) is 8.37. The molecule has 2 nitrogen and oxygen atoms in total. The van der Waals surface area contributed by atoms with Gasteiger partial charge in [0, 0.05) is 22.1 Å². The van der Waals surface area contributed by atoms with Crippen molar-refractivity contribution < 1.29 is 4.79 Å². The first-order valence-corrected chi connectivity index (χ1v) is 5.09. The highest BCUT2D eigenvalue weighted by Crippen LogP contribution is 2.32. The van der Waals surface area contributed by atoms with Gasteiger partial charge >= 0.3 is 0 Å². The number of hydrogen-bond acceptors (Lipinski definition) is 2. The second kappa shape index (κ2) is 3.14. The summed E-state index contributed by atoms with van der Waals surface area (Å²) in [7, 11) is 0. The van der Waals surface area contributed by atoms with Crippen molar-refractivity contribution in [2.45, 2.75) is 19.3 Å². The molecule has 0 heterocycles. The van der Waals surface area contributed by atoms with Crippen molar-refractivity contribution in [3.05, 3.63) is 27.7 Å². The summed E-state index contributed by atoms with van der Waals surface area (Å²) in [5, 5.41) is 0. The third-order valence-electron chi connectivity index (χ3n) is 2.40. The van der Waals surface area contributed by atoms with Crippen LogP contribution in [0.3, 0.4) is 0 Å². The van der Waals surface area contributed by atoms with E-state index in [0.717, 1.165) is 28.4 Å². The number of nitrogen functional groups attached to an aromatic ring is 1. The summed E-state index contributed by atoms with van der Waals surface area (Å²) in [5.74, 6) is 0.238. The molecule has 1 aliphatic rings. The summed E-state index contributed by atoms with van der Waals surface area (Å²) >= 11 is 3.42. The maximum absolute atomic E-state index is 11.5. The molecular weight excluding hydrogens is 230 g/mol. The molecule has 3 heteroatoms. The van der Waals surface area contributed by atoms with Crippen LogP contribution < -0.4 is 5.73 Å². The van der Waals surface area contributed by atoms with Gasteiger partial charge in [0.05, 0.1) is 0 Å². The Hall–Kier alpha value is -0.830. The largest absolute Gasteiger partial charge is 0.398 e. The lowest BCUT2D eigenvalue weighted by Gasteiger charge is -2.16. The highest BCUT2D eigenvalue weighted by Gasteiger charge is 2.19. The highest BCUT2D eigenvalue weighted by atomic mass is 79.9. The maximum atomic E-state index is 11.5. The molecule has 0 saturated heterocycles. The molecular formula is C10H10BrNO. The molecule has 68 valence electrons. The summed E-state index contributed by atoms with van der Waals surface area (Å²) in [4.78, 5) is 11.5. The normalized spacial score (nSPS) is 15.6. The second-order valence-electron chi connectivity index (χ2n) is 3.27. The SMILES string of the molecule is Nc1ccc2c(c1Br)CCCC2=O. The Morgan fingerprint density at radius 2 is 2.08 bits per heavy atom. The van der Waals surface area contributed by atoms with Crippen molar-refractivity contribution in [1.29, 1.82) is 0 Å². The summed E-state index contributed by atoms with van der Waals surface area (Å²) < 4.78 is 0.901. The van der Waals surface area contributed by atoms with Gasteiger partial charge in [-0.3, -0.25) is 4.79 Å². The quantitative estimate of drug-likeness (QED) is 0.708. The van der Waals surface area contributed by atoms with E-state index in [1.807, 2.05) is 6.07 Å². The smallest absolute Gasteiger partial charge is 0.163 e. The van der Waals surface area contributed by atoms with Crippen molar-refractivity contribution in [3.8, 4) is 0 Å². The van der Waals surface area contributed by atoms with Gasteiger partial charge in [-0.25, -0.2) is 0 Å². The van der Waals surface area contributed by atoms with Gasteiger partial charge in [0.1, 0.15) is 0 Å². The van der Waals surface area contributed by atoms with Gasteiger partial charge in [-0.15, -0.1) is 0 Å². The molecule has 0 radical (unpaired) electrons. The zero-order valence-corrected chi connectivity index (χ0v) is 8.73. The second-order valence-corrected chi connectivity index (χ2v) is 4.06. The fourth-order valence-corrected chi connectivity index (χ4v) is 2.25. The predicted molar refractivity (Wildman–Crippen MR) is 55.8 cm³/mol. The molecule has 0 saturated carbocycles. The molecule has 0 unspecified atom stereocenters. The first kappa shape index (κ1) is 8.75. The maximum Gasteiger partial charge on any atom is 0.163 e. The van der Waals surface area contributed by atoms with Crippen molar-refractivity contribution in [3.63, 3.8) is 0 Å². The van der Waals surface area contributed by atoms with Gasteiger partial charge in [-0.2, -0.15) is 0 Å². The molecule has 13 heavy (non-hydrogen) atoms. The van der Waals surface area contributed by atoms with Crippen LogP contribution >= 0.6 is 15.9 Å². The van der Waals surface area contributed by atoms with Gasteiger partial charge in [-0.1, -0.05) is 0 Å². The zero-order valence-electron chi connectivity index (χ0n) is 7.14. The van der Waals surface area contributed by atoms with Gasteiger partial charge in [0.25, 0.3) is 0 Å². The highest BCUT2D eigenvalue weighted by molar-refractivity contribution is 9.10. The Balaban J connectivity index is 2.63. The van der Waals surface area contributed by atoms with E-state index in [9.17, 15) is 4.79 Å². The molecule has 1 aromatic rings. The first-order chi connectivity index (χ1) is 6.20. The Kier molecular flexibility index (Phi) is 2.12. The molecule has 0 spiro atoms. The minimum absolute atomic E-state index is 0.238. The topological polar surface area (TPSA) is 43.1 Å². The molecule has 0 fully saturated rings. The molecule has 1 aliphatic carbocycles. The number of ketones is 1. The number of rotatable bonds is 0. The number of halogens is 1. The third-order valence-corrected chi connectivity index (χ3v) is 3.34. The molecule has 0 aliphatic heterocycles. The van der Waals surface area contributed by atoms with Crippen LogP contribution in [0.5, 0.6) is 0 Å². The summed E-state index contributed by atoms with van der Waals surface area (Å²) in [6.07, 6.45) is 2.56. The predicted octanol–water partition coefficient (Wildman–Crippen LogP) is 2.55. The van der Waals surface area contributed by atoms with Gasteiger partial charge in [0.15, 0.2) is 5.78 Å². The van der Waals surface area contributed by atoms with E-state index in [0.29, 0.717) is 12.1 Å². The molecule has 0 aromatic heterocycles. The first-order valence-electron chi connectivity index (χ1n) is 4.30. The standard InChI is InChI=1S/C10H10BrNO/c11-10-7-2-1-3-9(13)6(7)4-5-8(10)12/h4-5H,1-3,12H2. The lowest BCUT2D eigenvalue weighted by atomic mass is 9.90. The van der Waals surface area contributed by atoms with Crippen LogP contribution in [0.2, 0.25) is 0 Å². The van der Waals surface area contributed by atoms with Crippen LogP contribution in [0.1, 0.15) is 28.8 Å². The van der Waals surface area contributed by atoms with E-state index < -0.39 is 0 Å². The number of carbonyl (C=O) groups is 1. The monoisotopic (exact) mass is 239 g/mol. The van der Waals surface area contributed by atoms with Crippen molar-refractivity contribution in [1.82, 2.24) is 0 Å². The van der Waals surface area contributed by atoms with E-state index >= 15 is 0 Å². The Labute approximate surface area is 85.3 Å². The van der Waals surface area contributed by atoms with Gasteiger partial charge in [0.2, 0.25) is 0 Å². The Morgan fingerprint density at radius 1 is 1.31 bits per heavy atom. The average Bonchev–Trinajstić information content (AvgIpc) is 2.12. The third kappa shape index (κ3) is 1.37. The van der Waals surface area contributed by atoms with Crippen LogP contribution in [0.4, 0.5) is 5.69 Å². The lowest BCUT2D eigenvalue weighted by molar-refractivity contribution is 0.0972. The number of fused-ring (bicyclic) bond motifs is 1. The molecule has 0 atom stereocenters. The van der Waals surface area contributed by atoms with Crippen molar-refractivity contribution >= 4 is 27.4 Å². The molecule has 2 rings (SSSR count). The molecule has 0 amide bonds. The number of nitrogens with two attached hydrogens (primary N) is 1. The van der Waals surface area contributed by atoms with Crippen molar-refractivity contribution in [2.75, 3.05) is 5.73 Å². The van der Waals surface area contributed by atoms with Crippen LogP contribution in [0.25, 0.3) is 0 Å². The fraction of sp³-hybridized carbons (Fsp3) is 0.300. The van der Waals surface area contributed by atoms with E-state index in [4.69, 9.17) is 5.73 Å². The van der Waals surface area contributed by atoms with E-state index in [2.05, 4.69) is 15.9 Å². The van der Waals surface area contributed by atoms with E-state index in [1.54, 1.807) is 6.07 Å². The molecule has 1 aromatic carbocycles. The minimum atomic E-state index is 0.238. The van der Waals surface area contributed by atoms with Crippen LogP contribution in [0, 0.1) is 0 Å². The van der Waals surface area contributed by atoms with Crippen molar-refractivity contribution in [2.24, 2.45) is 0 Å². The minimum Gasteiger partial charge on any atom is -0.398 e. The van der Waals surface area contributed by atoms with Crippen LogP contribution in [-0.4, -0.2) is 5.78 Å². The summed E-state index contributed by atoms with van der Waals surface area (Å²) in [6.45, 7) is 0. The van der Waals surface area contributed by atoms with E-state index in [1.165, 1.54) is 0 Å². The Morgan fingerprint density at radius 3 is 2.85 bits per heavy atom. The zero-order chi connectivity index (χ0) is 9.42. The molecule has 2 N–H and O–H groups in total. The number of benzene rings is 1. The number of carbonyl (C=O) groups excluding carboxylic acids is 1. The number of hydrogen-bond donors (Lipinski definition) is 1. The van der Waals surface area contributed by atoms with Gasteiger partial charge < -0.3 is 5.73 Å². The van der Waals surface area contributed by atoms with Crippen LogP contribution in [0.15, 0.2) is 16.6 Å². The number of Topliss-reactive ketones (excluding diaryl/α,β-unsaturated/α-hetero) is 1. The summed E-state index contributed by atoms with van der Waals surface area (Å²) in [6, 6.07) is 3.61. The van der Waals surface area contributed by atoms with Crippen LogP contribution in [-0.2, 0) is 6.42 Å². The molecule has 0 bridgehead atoms. The van der Waals surface area contributed by atoms with Gasteiger partial charge in [-0.05, 0) is 46.5 Å². The fourth-order valence-electron chi connectivity index (χ4n) is 1.71. The van der Waals surface area contributed by atoms with E-state index in [-0.39, 0.29) is 5.78 Å². The average molecular weight is 240 g/mol.